The fourth-order valence-corrected chi connectivity index (χ4v) is 3.17. The van der Waals surface area contributed by atoms with Crippen LogP contribution in [-0.2, 0) is 11.3 Å². The molecule has 0 bridgehead atoms. The molecule has 1 N–H and O–H groups in total. The molecule has 0 aromatic heterocycles. The molecule has 0 aliphatic carbocycles. The maximum absolute atomic E-state index is 11.6. The van der Waals surface area contributed by atoms with Gasteiger partial charge in [0.25, 0.3) is 0 Å². The Morgan fingerprint density at radius 2 is 2.25 bits per heavy atom. The summed E-state index contributed by atoms with van der Waals surface area (Å²) in [5, 5.41) is 10.3. The molecule has 110 valence electrons. The van der Waals surface area contributed by atoms with Crippen molar-refractivity contribution in [3.8, 4) is 0 Å². The molecule has 0 amide bonds. The molecule has 0 spiro atoms. The van der Waals surface area contributed by atoms with Gasteiger partial charge in [0.2, 0.25) is 0 Å². The van der Waals surface area contributed by atoms with Crippen molar-refractivity contribution in [1.29, 1.82) is 0 Å². The first-order valence-electron chi connectivity index (χ1n) is 7.17. The lowest BCUT2D eigenvalue weighted by atomic mass is 9.77. The number of halogens is 1. The predicted octanol–water partition coefficient (Wildman–Crippen LogP) is 3.73. The first-order chi connectivity index (χ1) is 9.47. The van der Waals surface area contributed by atoms with Crippen molar-refractivity contribution in [3.63, 3.8) is 0 Å². The van der Waals surface area contributed by atoms with Gasteiger partial charge in [0.15, 0.2) is 0 Å². The van der Waals surface area contributed by atoms with E-state index in [1.54, 1.807) is 0 Å². The number of aliphatic carboxylic acids is 1. The Hall–Kier alpha value is -1.06. The second kappa shape index (κ2) is 6.15. The van der Waals surface area contributed by atoms with E-state index >= 15 is 0 Å². The fourth-order valence-electron chi connectivity index (χ4n) is 2.97. The second-order valence-electron chi connectivity index (χ2n) is 5.84. The molecule has 4 heteroatoms. The number of carboxylic acids is 1. The van der Waals surface area contributed by atoms with Crippen molar-refractivity contribution in [3.05, 3.63) is 34.3 Å². The lowest BCUT2D eigenvalue weighted by molar-refractivity contribution is -0.153. The van der Waals surface area contributed by atoms with E-state index in [0.29, 0.717) is 13.0 Å². The maximum atomic E-state index is 11.6. The van der Waals surface area contributed by atoms with Crippen LogP contribution in [0.3, 0.4) is 0 Å². The fraction of sp³-hybridized carbons (Fsp3) is 0.562. The molecular weight excluding hydrogens is 274 g/mol. The summed E-state index contributed by atoms with van der Waals surface area (Å²) in [6.07, 6.45) is 2.41. The van der Waals surface area contributed by atoms with Crippen molar-refractivity contribution >= 4 is 17.6 Å². The summed E-state index contributed by atoms with van der Waals surface area (Å²) in [4.78, 5) is 13.8. The molecule has 3 nitrogen and oxygen atoms in total. The van der Waals surface area contributed by atoms with E-state index in [4.69, 9.17) is 11.6 Å². The van der Waals surface area contributed by atoms with E-state index in [9.17, 15) is 9.90 Å². The Morgan fingerprint density at radius 3 is 2.85 bits per heavy atom. The van der Waals surface area contributed by atoms with Gasteiger partial charge in [-0.15, -0.1) is 0 Å². The summed E-state index contributed by atoms with van der Waals surface area (Å²) in [5.41, 5.74) is 1.65. The average molecular weight is 296 g/mol. The van der Waals surface area contributed by atoms with E-state index in [-0.39, 0.29) is 0 Å². The molecule has 1 unspecified atom stereocenters. The van der Waals surface area contributed by atoms with Gasteiger partial charge in [0.05, 0.1) is 5.41 Å². The Kier molecular flexibility index (Phi) is 4.71. The van der Waals surface area contributed by atoms with Crippen LogP contribution in [0.4, 0.5) is 0 Å². The molecule has 1 aliphatic heterocycles. The van der Waals surface area contributed by atoms with E-state index in [1.807, 2.05) is 26.0 Å². The Balaban J connectivity index is 2.09. The average Bonchev–Trinajstić information content (AvgIpc) is 2.43. The van der Waals surface area contributed by atoms with Crippen LogP contribution >= 0.6 is 11.6 Å². The zero-order chi connectivity index (χ0) is 14.8. The minimum absolute atomic E-state index is 0.577. The number of aryl methyl sites for hydroxylation is 1. The Bertz CT molecular complexity index is 503. The number of carboxylic acid groups (broad SMARTS) is 1. The smallest absolute Gasteiger partial charge is 0.310 e. The first-order valence-corrected chi connectivity index (χ1v) is 7.55. The van der Waals surface area contributed by atoms with Gasteiger partial charge in [-0.25, -0.2) is 0 Å². The number of nitrogens with zero attached hydrogens (tertiary/aromatic N) is 1. The van der Waals surface area contributed by atoms with Crippen molar-refractivity contribution in [2.75, 3.05) is 13.1 Å². The topological polar surface area (TPSA) is 40.5 Å². The highest BCUT2D eigenvalue weighted by Gasteiger charge is 2.40. The Labute approximate surface area is 125 Å². The van der Waals surface area contributed by atoms with Gasteiger partial charge in [-0.2, -0.15) is 0 Å². The molecule has 1 atom stereocenters. The largest absolute Gasteiger partial charge is 0.481 e. The van der Waals surface area contributed by atoms with E-state index in [1.165, 1.54) is 0 Å². The normalized spacial score (nSPS) is 23.8. The van der Waals surface area contributed by atoms with E-state index < -0.39 is 11.4 Å². The third-order valence-corrected chi connectivity index (χ3v) is 4.84. The monoisotopic (exact) mass is 295 g/mol. The van der Waals surface area contributed by atoms with Crippen LogP contribution in [0.2, 0.25) is 5.02 Å². The molecule has 1 aromatic carbocycles. The molecule has 1 aromatic rings. The van der Waals surface area contributed by atoms with Crippen molar-refractivity contribution in [2.24, 2.45) is 5.41 Å². The summed E-state index contributed by atoms with van der Waals surface area (Å²) in [6, 6.07) is 6.08. The van der Waals surface area contributed by atoms with Crippen LogP contribution in [0.5, 0.6) is 0 Å². The summed E-state index contributed by atoms with van der Waals surface area (Å²) in [7, 11) is 0. The Morgan fingerprint density at radius 1 is 1.50 bits per heavy atom. The van der Waals surface area contributed by atoms with Gasteiger partial charge in [-0.05, 0) is 49.9 Å². The van der Waals surface area contributed by atoms with Crippen LogP contribution in [0.1, 0.15) is 37.3 Å². The lowest BCUT2D eigenvalue weighted by Crippen LogP contribution is -2.47. The van der Waals surface area contributed by atoms with Crippen LogP contribution in [0.15, 0.2) is 18.2 Å². The third kappa shape index (κ3) is 3.15. The zero-order valence-electron chi connectivity index (χ0n) is 12.2. The van der Waals surface area contributed by atoms with Crippen LogP contribution < -0.4 is 0 Å². The highest BCUT2D eigenvalue weighted by molar-refractivity contribution is 6.31. The molecule has 2 rings (SSSR count). The lowest BCUT2D eigenvalue weighted by Gasteiger charge is -2.39. The standard InChI is InChI=1S/C16H22ClNO2/c1-3-16(15(19)20)7-4-8-18(11-16)10-13-6-5-12(2)14(17)9-13/h5-6,9H,3-4,7-8,10-11H2,1-2H3,(H,19,20). The minimum atomic E-state index is -0.661. The first kappa shape index (κ1) is 15.3. The zero-order valence-corrected chi connectivity index (χ0v) is 12.9. The summed E-state index contributed by atoms with van der Waals surface area (Å²) in [6.45, 7) is 6.32. The predicted molar refractivity (Wildman–Crippen MR) is 81.1 cm³/mol. The quantitative estimate of drug-likeness (QED) is 0.920. The number of rotatable bonds is 4. The number of benzene rings is 1. The van der Waals surface area contributed by atoms with Crippen molar-refractivity contribution < 1.29 is 9.90 Å². The number of hydrogen-bond acceptors (Lipinski definition) is 2. The van der Waals surface area contributed by atoms with Crippen LogP contribution in [0.25, 0.3) is 0 Å². The number of piperidine rings is 1. The van der Waals surface area contributed by atoms with Crippen molar-refractivity contribution in [1.82, 2.24) is 4.90 Å². The van der Waals surface area contributed by atoms with Crippen molar-refractivity contribution in [2.45, 2.75) is 39.7 Å². The molecule has 0 radical (unpaired) electrons. The van der Waals surface area contributed by atoms with Gasteiger partial charge in [0, 0.05) is 18.1 Å². The van der Waals surface area contributed by atoms with Gasteiger partial charge in [-0.3, -0.25) is 9.69 Å². The van der Waals surface area contributed by atoms with E-state index in [0.717, 1.165) is 42.1 Å². The van der Waals surface area contributed by atoms with Gasteiger partial charge in [0.1, 0.15) is 0 Å². The number of carbonyl (C=O) groups is 1. The molecule has 1 saturated heterocycles. The number of likely N-dealkylation sites (tertiary alicyclic amines) is 1. The molecular formula is C16H22ClNO2. The van der Waals surface area contributed by atoms with Gasteiger partial charge >= 0.3 is 5.97 Å². The van der Waals surface area contributed by atoms with E-state index in [2.05, 4.69) is 11.0 Å². The molecule has 20 heavy (non-hydrogen) atoms. The highest BCUT2D eigenvalue weighted by Crippen LogP contribution is 2.34. The second-order valence-corrected chi connectivity index (χ2v) is 6.24. The summed E-state index contributed by atoms with van der Waals surface area (Å²) >= 11 is 6.15. The van der Waals surface area contributed by atoms with Gasteiger partial charge in [-0.1, -0.05) is 30.7 Å². The third-order valence-electron chi connectivity index (χ3n) is 4.43. The van der Waals surface area contributed by atoms with Gasteiger partial charge < -0.3 is 5.11 Å². The molecule has 1 heterocycles. The molecule has 0 saturated carbocycles. The summed E-state index contributed by atoms with van der Waals surface area (Å²) < 4.78 is 0. The van der Waals surface area contributed by atoms with Crippen LogP contribution in [-0.4, -0.2) is 29.1 Å². The SMILES string of the molecule is CCC1(C(=O)O)CCCN(Cc2ccc(C)c(Cl)c2)C1. The summed E-state index contributed by atoms with van der Waals surface area (Å²) in [5.74, 6) is -0.661. The molecule has 1 aliphatic rings. The number of hydrogen-bond donors (Lipinski definition) is 1. The molecule has 1 fully saturated rings. The van der Waals surface area contributed by atoms with Crippen LogP contribution in [0, 0.1) is 12.3 Å². The highest BCUT2D eigenvalue weighted by atomic mass is 35.5. The maximum Gasteiger partial charge on any atom is 0.310 e. The minimum Gasteiger partial charge on any atom is -0.481 e.